The Morgan fingerprint density at radius 2 is 1.87 bits per heavy atom. The first-order valence-electron chi connectivity index (χ1n) is 8.39. The third kappa shape index (κ3) is 3.52. The fraction of sp³-hybridized carbons (Fsp3) is 0.111. The zero-order valence-electron chi connectivity index (χ0n) is 15.6. The largest absolute Gasteiger partial charge is 0.448 e. The normalized spacial score (nSPS) is 11.7. The maximum absolute atomic E-state index is 14.0. The molecule has 0 unspecified atom stereocenters. The predicted octanol–water partition coefficient (Wildman–Crippen LogP) is 1.99. The van der Waals surface area contributed by atoms with Crippen LogP contribution < -0.4 is 10.3 Å². The van der Waals surface area contributed by atoms with Gasteiger partial charge < -0.3 is 4.74 Å². The minimum atomic E-state index is -3.75. The summed E-state index contributed by atoms with van der Waals surface area (Å²) in [6, 6.07) is 5.40. The van der Waals surface area contributed by atoms with E-state index < -0.39 is 32.2 Å². The predicted molar refractivity (Wildman–Crippen MR) is 101 cm³/mol. The van der Waals surface area contributed by atoms with Crippen molar-refractivity contribution in [1.29, 1.82) is 0 Å². The molecule has 0 spiro atoms. The minimum absolute atomic E-state index is 0.0268. The number of benzene rings is 1. The Hall–Kier alpha value is -3.67. The molecule has 9 nitrogen and oxygen atoms in total. The molecule has 0 amide bonds. The molecule has 0 aliphatic rings. The van der Waals surface area contributed by atoms with E-state index in [4.69, 9.17) is 4.74 Å². The van der Waals surface area contributed by atoms with Gasteiger partial charge >= 0.3 is 5.56 Å². The molecule has 4 aromatic rings. The van der Waals surface area contributed by atoms with Crippen LogP contribution in [0.3, 0.4) is 0 Å². The van der Waals surface area contributed by atoms with Gasteiger partial charge in [-0.25, -0.2) is 26.7 Å². The lowest BCUT2D eigenvalue weighted by molar-refractivity contribution is 0.431. The molecule has 4 rings (SSSR count). The lowest BCUT2D eigenvalue weighted by Crippen LogP contribution is -2.22. The Balaban J connectivity index is 1.99. The van der Waals surface area contributed by atoms with E-state index in [1.54, 1.807) is 13.2 Å². The highest BCUT2D eigenvalue weighted by Crippen LogP contribution is 2.26. The molecule has 30 heavy (non-hydrogen) atoms. The van der Waals surface area contributed by atoms with Crippen LogP contribution in [0, 0.1) is 11.6 Å². The molecule has 154 valence electrons. The van der Waals surface area contributed by atoms with Crippen LogP contribution in [-0.2, 0) is 16.9 Å². The molecule has 3 heterocycles. The summed E-state index contributed by atoms with van der Waals surface area (Å²) in [5.74, 6) is -2.34. The second kappa shape index (κ2) is 6.99. The van der Waals surface area contributed by atoms with Gasteiger partial charge in [0.1, 0.15) is 5.82 Å². The van der Waals surface area contributed by atoms with Gasteiger partial charge in [0.2, 0.25) is 15.0 Å². The van der Waals surface area contributed by atoms with Crippen molar-refractivity contribution in [3.8, 4) is 17.3 Å². The summed E-state index contributed by atoms with van der Waals surface area (Å²) >= 11 is 0. The van der Waals surface area contributed by atoms with Gasteiger partial charge in [0.25, 0.3) is 0 Å². The Bertz CT molecular complexity index is 1460. The van der Waals surface area contributed by atoms with E-state index in [0.29, 0.717) is 6.07 Å². The zero-order valence-corrected chi connectivity index (χ0v) is 16.4. The highest BCUT2D eigenvalue weighted by Gasteiger charge is 2.20. The van der Waals surface area contributed by atoms with E-state index >= 15 is 0 Å². The van der Waals surface area contributed by atoms with Crippen LogP contribution in [-0.4, -0.2) is 39.0 Å². The second-order valence-corrected chi connectivity index (χ2v) is 8.29. The number of aromatic nitrogens is 5. The first-order chi connectivity index (χ1) is 14.1. The van der Waals surface area contributed by atoms with Crippen LogP contribution in [0.15, 0.2) is 52.7 Å². The average Bonchev–Trinajstić information content (AvgIpc) is 3.09. The molecule has 0 atom stereocenters. The van der Waals surface area contributed by atoms with Crippen molar-refractivity contribution in [3.63, 3.8) is 0 Å². The molecule has 0 radical (unpaired) electrons. The molecular weight excluding hydrogens is 420 g/mol. The van der Waals surface area contributed by atoms with E-state index in [9.17, 15) is 22.0 Å². The zero-order chi connectivity index (χ0) is 21.6. The number of ether oxygens (including phenoxy) is 1. The van der Waals surface area contributed by atoms with Crippen molar-refractivity contribution >= 4 is 20.9 Å². The van der Waals surface area contributed by atoms with E-state index in [1.807, 2.05) is 0 Å². The standard InChI is InChI=1S/C18H13F2N5O4S/c1-24-6-5-15(23-24)25-16-10(9-21-18(22-16)30(2,27)28)7-14(17(25)26)29-13-4-3-11(19)8-12(13)20/h3-9H,1-2H3. The molecule has 0 saturated carbocycles. The lowest BCUT2D eigenvalue weighted by Gasteiger charge is -2.12. The van der Waals surface area contributed by atoms with Crippen LogP contribution in [0.25, 0.3) is 16.9 Å². The van der Waals surface area contributed by atoms with Crippen molar-refractivity contribution in [3.05, 3.63) is 64.7 Å². The molecule has 12 heteroatoms. The second-order valence-electron chi connectivity index (χ2n) is 6.38. The molecule has 0 bridgehead atoms. The van der Waals surface area contributed by atoms with Crippen molar-refractivity contribution in [2.45, 2.75) is 5.16 Å². The molecule has 0 aliphatic carbocycles. The third-order valence-corrected chi connectivity index (χ3v) is 4.92. The van der Waals surface area contributed by atoms with Gasteiger partial charge in [-0.1, -0.05) is 0 Å². The Kier molecular flexibility index (Phi) is 4.57. The molecule has 0 fully saturated rings. The highest BCUT2D eigenvalue weighted by molar-refractivity contribution is 7.90. The monoisotopic (exact) mass is 433 g/mol. The van der Waals surface area contributed by atoms with Gasteiger partial charge in [-0.05, 0) is 18.2 Å². The first-order valence-corrected chi connectivity index (χ1v) is 10.3. The van der Waals surface area contributed by atoms with E-state index in [-0.39, 0.29) is 28.4 Å². The number of fused-ring (bicyclic) bond motifs is 1. The minimum Gasteiger partial charge on any atom is -0.448 e. The molecule has 0 saturated heterocycles. The van der Waals surface area contributed by atoms with Crippen LogP contribution in [0.4, 0.5) is 8.78 Å². The topological polar surface area (TPSA) is 109 Å². The van der Waals surface area contributed by atoms with Crippen molar-refractivity contribution in [2.75, 3.05) is 6.26 Å². The van der Waals surface area contributed by atoms with Gasteiger partial charge in [-0.2, -0.15) is 10.1 Å². The fourth-order valence-corrected chi connectivity index (χ4v) is 3.22. The number of nitrogens with zero attached hydrogens (tertiary/aromatic N) is 5. The van der Waals surface area contributed by atoms with Crippen molar-refractivity contribution in [1.82, 2.24) is 24.3 Å². The quantitative estimate of drug-likeness (QED) is 0.453. The van der Waals surface area contributed by atoms with Gasteiger partial charge in [-0.15, -0.1) is 0 Å². The van der Waals surface area contributed by atoms with Gasteiger partial charge in [0.05, 0.1) is 0 Å². The van der Waals surface area contributed by atoms with E-state index in [2.05, 4.69) is 15.1 Å². The molecular formula is C18H13F2N5O4S. The third-order valence-electron chi connectivity index (χ3n) is 4.06. The summed E-state index contributed by atoms with van der Waals surface area (Å²) in [6.45, 7) is 0. The number of pyridine rings is 1. The summed E-state index contributed by atoms with van der Waals surface area (Å²) in [5, 5.41) is 3.92. The van der Waals surface area contributed by atoms with Gasteiger partial charge in [-0.3, -0.25) is 9.48 Å². The van der Waals surface area contributed by atoms with Crippen LogP contribution in [0.2, 0.25) is 0 Å². The Labute approximate surface area is 168 Å². The molecule has 3 aromatic heterocycles. The lowest BCUT2D eigenvalue weighted by atomic mass is 10.3. The summed E-state index contributed by atoms with van der Waals surface area (Å²) in [7, 11) is -2.12. The molecule has 0 aliphatic heterocycles. The van der Waals surface area contributed by atoms with Crippen LogP contribution in [0.1, 0.15) is 0 Å². The Morgan fingerprint density at radius 1 is 1.10 bits per heavy atom. The number of sulfone groups is 1. The molecule has 1 aromatic carbocycles. The number of halogens is 2. The van der Waals surface area contributed by atoms with Crippen LogP contribution in [0.5, 0.6) is 11.5 Å². The first kappa shape index (κ1) is 19.6. The number of rotatable bonds is 4. The molecule has 0 N–H and O–H groups in total. The van der Waals surface area contributed by atoms with Crippen molar-refractivity contribution < 1.29 is 21.9 Å². The fourth-order valence-electron chi connectivity index (χ4n) is 2.72. The smallest absolute Gasteiger partial charge is 0.301 e. The summed E-state index contributed by atoms with van der Waals surface area (Å²) in [4.78, 5) is 20.9. The SMILES string of the molecule is Cn1ccc(-n2c(=O)c(Oc3ccc(F)cc3F)cc3cnc(S(C)(=O)=O)nc32)n1. The maximum atomic E-state index is 14.0. The van der Waals surface area contributed by atoms with Crippen LogP contribution >= 0.6 is 0 Å². The number of hydrogen-bond donors (Lipinski definition) is 0. The van der Waals surface area contributed by atoms with Gasteiger partial charge in [0.15, 0.2) is 28.8 Å². The summed E-state index contributed by atoms with van der Waals surface area (Å²) in [6.07, 6.45) is 3.71. The van der Waals surface area contributed by atoms with E-state index in [0.717, 1.165) is 23.0 Å². The Morgan fingerprint density at radius 3 is 2.50 bits per heavy atom. The number of hydrogen-bond acceptors (Lipinski definition) is 7. The summed E-state index contributed by atoms with van der Waals surface area (Å²) in [5.41, 5.74) is -0.802. The average molecular weight is 433 g/mol. The van der Waals surface area contributed by atoms with E-state index in [1.165, 1.54) is 23.0 Å². The number of aryl methyl sites for hydroxylation is 1. The maximum Gasteiger partial charge on any atom is 0.301 e. The van der Waals surface area contributed by atoms with Gasteiger partial charge in [0, 0.05) is 43.2 Å². The summed E-state index contributed by atoms with van der Waals surface area (Å²) < 4.78 is 58.7. The van der Waals surface area contributed by atoms with Crippen molar-refractivity contribution in [2.24, 2.45) is 7.05 Å². The highest BCUT2D eigenvalue weighted by atomic mass is 32.2.